The molecule has 1 aliphatic rings. The topological polar surface area (TPSA) is 106 Å². The highest BCUT2D eigenvalue weighted by atomic mass is 19.1. The van der Waals surface area contributed by atoms with E-state index in [9.17, 15) is 18.8 Å². The molecule has 0 radical (unpaired) electrons. The standard InChI is InChI=1S/C22H20FN5O4/c23-18-10-16(6-7-19(18)28-14-24-13-26-28)27-12-17(32-22(27)31)11-25-21(30)9-8-20(29)15-4-2-1-3-5-15/h1-7,10,13-14,17H,8-9,11-12H2,(H,25,30)/t17-/m0/s1. The zero-order valence-electron chi connectivity index (χ0n) is 17.0. The third kappa shape index (κ3) is 4.80. The number of nitrogens with one attached hydrogen (secondary N) is 1. The maximum Gasteiger partial charge on any atom is 0.414 e. The number of amides is 2. The van der Waals surface area contributed by atoms with E-state index < -0.39 is 18.0 Å². The summed E-state index contributed by atoms with van der Waals surface area (Å²) < 4.78 is 21.0. The number of aromatic nitrogens is 3. The Morgan fingerprint density at radius 2 is 1.97 bits per heavy atom. The molecule has 0 saturated carbocycles. The highest BCUT2D eigenvalue weighted by Crippen LogP contribution is 2.25. The van der Waals surface area contributed by atoms with Gasteiger partial charge in [-0.05, 0) is 18.2 Å². The molecular weight excluding hydrogens is 417 g/mol. The summed E-state index contributed by atoms with van der Waals surface area (Å²) in [6.45, 7) is 0.254. The predicted molar refractivity (Wildman–Crippen MR) is 112 cm³/mol. The molecule has 1 N–H and O–H groups in total. The monoisotopic (exact) mass is 437 g/mol. The number of hydrogen-bond acceptors (Lipinski definition) is 6. The van der Waals surface area contributed by atoms with Gasteiger partial charge >= 0.3 is 6.09 Å². The van der Waals surface area contributed by atoms with Crippen LogP contribution in [0.5, 0.6) is 0 Å². The Bertz CT molecular complexity index is 1120. The first-order chi connectivity index (χ1) is 15.5. The molecule has 4 rings (SSSR count). The van der Waals surface area contributed by atoms with Crippen LogP contribution in [-0.2, 0) is 9.53 Å². The van der Waals surface area contributed by atoms with Crippen LogP contribution in [0, 0.1) is 5.82 Å². The van der Waals surface area contributed by atoms with Crippen molar-refractivity contribution in [3.8, 4) is 5.69 Å². The minimum Gasteiger partial charge on any atom is -0.442 e. The van der Waals surface area contributed by atoms with Crippen LogP contribution in [0.1, 0.15) is 23.2 Å². The average Bonchev–Trinajstić information content (AvgIpc) is 3.46. The van der Waals surface area contributed by atoms with Crippen molar-refractivity contribution in [1.29, 1.82) is 0 Å². The number of carbonyl (C=O) groups excluding carboxylic acids is 3. The van der Waals surface area contributed by atoms with Gasteiger partial charge in [0.25, 0.3) is 0 Å². The molecule has 2 heterocycles. The number of anilines is 1. The minimum atomic E-state index is -0.628. The summed E-state index contributed by atoms with van der Waals surface area (Å²) in [5.41, 5.74) is 1.09. The van der Waals surface area contributed by atoms with E-state index in [2.05, 4.69) is 15.4 Å². The predicted octanol–water partition coefficient (Wildman–Crippen LogP) is 2.51. The summed E-state index contributed by atoms with van der Waals surface area (Å²) >= 11 is 0. The summed E-state index contributed by atoms with van der Waals surface area (Å²) in [5, 5.41) is 6.56. The second-order valence-corrected chi connectivity index (χ2v) is 7.19. The Kier molecular flexibility index (Phi) is 6.20. The van der Waals surface area contributed by atoms with Crippen LogP contribution in [0.4, 0.5) is 14.9 Å². The van der Waals surface area contributed by atoms with Gasteiger partial charge in [-0.2, -0.15) is 5.10 Å². The molecule has 2 amide bonds. The van der Waals surface area contributed by atoms with Gasteiger partial charge in [0.2, 0.25) is 5.91 Å². The van der Waals surface area contributed by atoms with Gasteiger partial charge < -0.3 is 10.1 Å². The number of cyclic esters (lactones) is 1. The third-order valence-corrected chi connectivity index (χ3v) is 4.98. The van der Waals surface area contributed by atoms with Gasteiger partial charge in [-0.25, -0.2) is 18.9 Å². The fourth-order valence-electron chi connectivity index (χ4n) is 3.33. The van der Waals surface area contributed by atoms with Crippen LogP contribution >= 0.6 is 0 Å². The Hall–Kier alpha value is -4.08. The van der Waals surface area contributed by atoms with Crippen molar-refractivity contribution in [3.05, 3.63) is 72.6 Å². The molecule has 1 aliphatic heterocycles. The molecule has 32 heavy (non-hydrogen) atoms. The maximum absolute atomic E-state index is 14.5. The molecule has 0 aliphatic carbocycles. The molecule has 1 saturated heterocycles. The van der Waals surface area contributed by atoms with E-state index in [1.54, 1.807) is 30.3 Å². The number of rotatable bonds is 8. The van der Waals surface area contributed by atoms with Gasteiger partial charge in [-0.15, -0.1) is 0 Å². The van der Waals surface area contributed by atoms with Gasteiger partial charge in [0, 0.05) is 18.4 Å². The molecule has 164 valence electrons. The van der Waals surface area contributed by atoms with Gasteiger partial charge in [-0.3, -0.25) is 14.5 Å². The lowest BCUT2D eigenvalue weighted by Crippen LogP contribution is -2.34. The number of ketones is 1. The number of halogens is 1. The van der Waals surface area contributed by atoms with Crippen molar-refractivity contribution >= 4 is 23.5 Å². The van der Waals surface area contributed by atoms with Gasteiger partial charge in [0.15, 0.2) is 11.6 Å². The van der Waals surface area contributed by atoms with Gasteiger partial charge in [0.05, 0.1) is 18.8 Å². The highest BCUT2D eigenvalue weighted by molar-refractivity contribution is 5.97. The quantitative estimate of drug-likeness (QED) is 0.543. The molecule has 0 unspecified atom stereocenters. The lowest BCUT2D eigenvalue weighted by molar-refractivity contribution is -0.121. The normalized spacial score (nSPS) is 15.5. The van der Waals surface area contributed by atoms with E-state index in [-0.39, 0.29) is 43.3 Å². The molecule has 2 aromatic carbocycles. The smallest absolute Gasteiger partial charge is 0.414 e. The number of ether oxygens (including phenoxy) is 1. The second-order valence-electron chi connectivity index (χ2n) is 7.19. The fraction of sp³-hybridized carbons (Fsp3) is 0.227. The second kappa shape index (κ2) is 9.38. The van der Waals surface area contributed by atoms with E-state index in [0.29, 0.717) is 11.3 Å². The number of Topliss-reactive ketones (excluding diaryl/α,β-unsaturated/α-hetero) is 1. The molecular formula is C22H20FN5O4. The van der Waals surface area contributed by atoms with Crippen molar-refractivity contribution in [1.82, 2.24) is 20.1 Å². The van der Waals surface area contributed by atoms with E-state index in [1.807, 2.05) is 6.07 Å². The molecule has 1 fully saturated rings. The summed E-state index contributed by atoms with van der Waals surface area (Å²) in [7, 11) is 0. The summed E-state index contributed by atoms with van der Waals surface area (Å²) in [4.78, 5) is 41.5. The number of nitrogens with zero attached hydrogens (tertiary/aromatic N) is 4. The molecule has 0 spiro atoms. The maximum atomic E-state index is 14.5. The molecule has 3 aromatic rings. The van der Waals surface area contributed by atoms with Crippen molar-refractivity contribution in [2.75, 3.05) is 18.0 Å². The van der Waals surface area contributed by atoms with Gasteiger partial charge in [-0.1, -0.05) is 30.3 Å². The summed E-state index contributed by atoms with van der Waals surface area (Å²) in [6, 6.07) is 13.0. The third-order valence-electron chi connectivity index (χ3n) is 4.98. The van der Waals surface area contributed by atoms with E-state index >= 15 is 0 Å². The van der Waals surface area contributed by atoms with Crippen molar-refractivity contribution in [2.45, 2.75) is 18.9 Å². The largest absolute Gasteiger partial charge is 0.442 e. The fourth-order valence-corrected chi connectivity index (χ4v) is 3.33. The van der Waals surface area contributed by atoms with Crippen LogP contribution in [0.3, 0.4) is 0 Å². The Morgan fingerprint density at radius 1 is 1.16 bits per heavy atom. The molecule has 1 atom stereocenters. The van der Waals surface area contributed by atoms with E-state index in [1.165, 1.54) is 34.4 Å². The average molecular weight is 437 g/mol. The number of hydrogen-bond donors (Lipinski definition) is 1. The summed E-state index contributed by atoms with van der Waals surface area (Å²) in [5.74, 6) is -0.997. The van der Waals surface area contributed by atoms with Crippen LogP contribution in [0.15, 0.2) is 61.2 Å². The molecule has 9 nitrogen and oxygen atoms in total. The van der Waals surface area contributed by atoms with Crippen LogP contribution < -0.4 is 10.2 Å². The SMILES string of the molecule is O=C(CCC(=O)c1ccccc1)NC[C@H]1CN(c2ccc(-n3cncn3)c(F)c2)C(=O)O1. The lowest BCUT2D eigenvalue weighted by Gasteiger charge is -2.14. The zero-order chi connectivity index (χ0) is 22.5. The number of carbonyl (C=O) groups is 3. The highest BCUT2D eigenvalue weighted by Gasteiger charge is 2.33. The molecule has 1 aromatic heterocycles. The van der Waals surface area contributed by atoms with E-state index in [0.717, 1.165) is 0 Å². The van der Waals surface area contributed by atoms with Crippen LogP contribution in [0.25, 0.3) is 5.69 Å². The molecule has 10 heteroatoms. The summed E-state index contributed by atoms with van der Waals surface area (Å²) in [6.07, 6.45) is 1.57. The lowest BCUT2D eigenvalue weighted by atomic mass is 10.1. The van der Waals surface area contributed by atoms with E-state index in [4.69, 9.17) is 4.74 Å². The Morgan fingerprint density at radius 3 is 2.69 bits per heavy atom. The van der Waals surface area contributed by atoms with Crippen molar-refractivity contribution in [2.24, 2.45) is 0 Å². The van der Waals surface area contributed by atoms with Crippen molar-refractivity contribution < 1.29 is 23.5 Å². The van der Waals surface area contributed by atoms with Crippen LogP contribution in [-0.4, -0.2) is 51.7 Å². The minimum absolute atomic E-state index is 0.0348. The first-order valence-corrected chi connectivity index (χ1v) is 9.99. The Balaban J connectivity index is 1.28. The number of benzene rings is 2. The first kappa shape index (κ1) is 21.2. The Labute approximate surface area is 182 Å². The molecule has 0 bridgehead atoms. The van der Waals surface area contributed by atoms with Crippen molar-refractivity contribution in [3.63, 3.8) is 0 Å². The van der Waals surface area contributed by atoms with Crippen LogP contribution in [0.2, 0.25) is 0 Å². The zero-order valence-corrected chi connectivity index (χ0v) is 17.0. The van der Waals surface area contributed by atoms with Gasteiger partial charge in [0.1, 0.15) is 24.4 Å². The first-order valence-electron chi connectivity index (χ1n) is 9.99.